The normalized spacial score (nSPS) is 29.5. The van der Waals surface area contributed by atoms with Crippen molar-refractivity contribution in [1.82, 2.24) is 5.32 Å². The van der Waals surface area contributed by atoms with Gasteiger partial charge in [-0.1, -0.05) is 24.3 Å². The highest BCUT2D eigenvalue weighted by atomic mass is 16.1. The van der Waals surface area contributed by atoms with Crippen LogP contribution < -0.4 is 11.1 Å². The van der Waals surface area contributed by atoms with Crippen molar-refractivity contribution in [2.75, 3.05) is 6.54 Å². The zero-order chi connectivity index (χ0) is 12.5. The molecule has 0 aliphatic heterocycles. The molecule has 3 heteroatoms. The van der Waals surface area contributed by atoms with Crippen LogP contribution in [-0.2, 0) is 11.2 Å². The van der Waals surface area contributed by atoms with Gasteiger partial charge in [-0.15, -0.1) is 0 Å². The Labute approximate surface area is 108 Å². The average Bonchev–Trinajstić information content (AvgIpc) is 2.77. The summed E-state index contributed by atoms with van der Waals surface area (Å²) < 4.78 is 0. The molecule has 1 saturated carbocycles. The molecule has 2 aliphatic rings. The first-order chi connectivity index (χ1) is 8.74. The van der Waals surface area contributed by atoms with E-state index >= 15 is 0 Å². The molecule has 3 atom stereocenters. The Morgan fingerprint density at radius 3 is 2.89 bits per heavy atom. The quantitative estimate of drug-likeness (QED) is 0.848. The van der Waals surface area contributed by atoms with Gasteiger partial charge in [0.15, 0.2) is 0 Å². The van der Waals surface area contributed by atoms with Crippen LogP contribution in [0.1, 0.15) is 36.3 Å². The van der Waals surface area contributed by atoms with Gasteiger partial charge in [0, 0.05) is 24.4 Å². The van der Waals surface area contributed by atoms with Gasteiger partial charge in [-0.3, -0.25) is 4.79 Å². The van der Waals surface area contributed by atoms with E-state index in [0.717, 1.165) is 32.2 Å². The second-order valence-corrected chi connectivity index (χ2v) is 5.62. The summed E-state index contributed by atoms with van der Waals surface area (Å²) in [6.45, 7) is 0.779. The molecule has 3 unspecified atom stereocenters. The van der Waals surface area contributed by atoms with E-state index in [9.17, 15) is 4.79 Å². The standard InChI is InChI=1S/C15H20N2O/c16-13-6-5-11(8-13)15(18)17-9-12-7-10-3-1-2-4-14(10)12/h1-4,11-13H,5-9,16H2,(H,17,18). The highest BCUT2D eigenvalue weighted by Crippen LogP contribution is 2.34. The molecule has 96 valence electrons. The van der Waals surface area contributed by atoms with E-state index in [4.69, 9.17) is 5.73 Å². The lowest BCUT2D eigenvalue weighted by molar-refractivity contribution is -0.124. The Morgan fingerprint density at radius 1 is 1.33 bits per heavy atom. The molecule has 1 amide bonds. The molecule has 3 rings (SSSR count). The number of nitrogens with two attached hydrogens (primary N) is 1. The number of hydrogen-bond donors (Lipinski definition) is 2. The third-order valence-corrected chi connectivity index (χ3v) is 4.33. The Balaban J connectivity index is 1.50. The van der Waals surface area contributed by atoms with Gasteiger partial charge in [0.05, 0.1) is 0 Å². The highest BCUT2D eigenvalue weighted by Gasteiger charge is 2.30. The lowest BCUT2D eigenvalue weighted by atomic mass is 9.77. The molecule has 0 radical (unpaired) electrons. The van der Waals surface area contributed by atoms with Crippen LogP contribution in [0.4, 0.5) is 0 Å². The summed E-state index contributed by atoms with van der Waals surface area (Å²) in [4.78, 5) is 12.0. The molecule has 1 aromatic carbocycles. The molecule has 0 spiro atoms. The SMILES string of the molecule is NC1CCC(C(=O)NCC2Cc3ccccc32)C1. The van der Waals surface area contributed by atoms with Gasteiger partial charge in [-0.05, 0) is 36.8 Å². The Morgan fingerprint density at radius 2 is 2.17 bits per heavy atom. The molecule has 0 heterocycles. The molecule has 0 aromatic heterocycles. The lowest BCUT2D eigenvalue weighted by Gasteiger charge is -2.30. The van der Waals surface area contributed by atoms with E-state index in [-0.39, 0.29) is 17.9 Å². The van der Waals surface area contributed by atoms with Gasteiger partial charge in [-0.25, -0.2) is 0 Å². The Kier molecular flexibility index (Phi) is 3.08. The van der Waals surface area contributed by atoms with Crippen molar-refractivity contribution in [2.24, 2.45) is 11.7 Å². The fourth-order valence-corrected chi connectivity index (χ4v) is 3.17. The van der Waals surface area contributed by atoms with Crippen molar-refractivity contribution in [2.45, 2.75) is 37.6 Å². The van der Waals surface area contributed by atoms with Crippen molar-refractivity contribution in [1.29, 1.82) is 0 Å². The van der Waals surface area contributed by atoms with Crippen LogP contribution >= 0.6 is 0 Å². The van der Waals surface area contributed by atoms with Crippen LogP contribution in [0.5, 0.6) is 0 Å². The minimum Gasteiger partial charge on any atom is -0.355 e. The number of fused-ring (bicyclic) bond motifs is 1. The van der Waals surface area contributed by atoms with Crippen LogP contribution in [0.2, 0.25) is 0 Å². The van der Waals surface area contributed by atoms with Crippen molar-refractivity contribution >= 4 is 5.91 Å². The average molecular weight is 244 g/mol. The molecule has 18 heavy (non-hydrogen) atoms. The number of hydrogen-bond acceptors (Lipinski definition) is 2. The van der Waals surface area contributed by atoms with Crippen molar-refractivity contribution in [3.63, 3.8) is 0 Å². The van der Waals surface area contributed by atoms with E-state index in [1.165, 1.54) is 11.1 Å². The predicted octanol–water partition coefficient (Wildman–Crippen LogP) is 1.57. The van der Waals surface area contributed by atoms with Gasteiger partial charge in [0.2, 0.25) is 5.91 Å². The largest absolute Gasteiger partial charge is 0.355 e. The summed E-state index contributed by atoms with van der Waals surface area (Å²) in [5, 5.41) is 3.09. The summed E-state index contributed by atoms with van der Waals surface area (Å²) in [6, 6.07) is 8.71. The molecule has 2 aliphatic carbocycles. The zero-order valence-corrected chi connectivity index (χ0v) is 10.6. The van der Waals surface area contributed by atoms with Crippen LogP contribution in [0, 0.1) is 5.92 Å². The highest BCUT2D eigenvalue weighted by molar-refractivity contribution is 5.79. The summed E-state index contributed by atoms with van der Waals surface area (Å²) in [5.41, 5.74) is 8.67. The Hall–Kier alpha value is -1.35. The molecule has 0 saturated heterocycles. The zero-order valence-electron chi connectivity index (χ0n) is 10.6. The summed E-state index contributed by atoms with van der Waals surface area (Å²) >= 11 is 0. The van der Waals surface area contributed by atoms with Crippen molar-refractivity contribution < 1.29 is 4.79 Å². The fraction of sp³-hybridized carbons (Fsp3) is 0.533. The van der Waals surface area contributed by atoms with Gasteiger partial charge in [-0.2, -0.15) is 0 Å². The van der Waals surface area contributed by atoms with Crippen LogP contribution in [-0.4, -0.2) is 18.5 Å². The number of benzene rings is 1. The third kappa shape index (κ3) is 2.15. The second kappa shape index (κ2) is 4.73. The van der Waals surface area contributed by atoms with E-state index in [2.05, 4.69) is 29.6 Å². The molecular weight excluding hydrogens is 224 g/mol. The van der Waals surface area contributed by atoms with Crippen molar-refractivity contribution in [3.8, 4) is 0 Å². The third-order valence-electron chi connectivity index (χ3n) is 4.33. The first-order valence-corrected chi connectivity index (χ1v) is 6.85. The first-order valence-electron chi connectivity index (χ1n) is 6.85. The summed E-state index contributed by atoms with van der Waals surface area (Å²) in [5.74, 6) is 0.864. The predicted molar refractivity (Wildman–Crippen MR) is 71.2 cm³/mol. The van der Waals surface area contributed by atoms with Gasteiger partial charge >= 0.3 is 0 Å². The van der Waals surface area contributed by atoms with E-state index < -0.39 is 0 Å². The van der Waals surface area contributed by atoms with Crippen LogP contribution in [0.15, 0.2) is 24.3 Å². The molecule has 1 aromatic rings. The minimum atomic E-state index is 0.148. The van der Waals surface area contributed by atoms with Gasteiger partial charge < -0.3 is 11.1 Å². The number of carbonyl (C=O) groups excluding carboxylic acids is 1. The summed E-state index contributed by atoms with van der Waals surface area (Å²) in [6.07, 6.45) is 3.90. The second-order valence-electron chi connectivity index (χ2n) is 5.62. The monoisotopic (exact) mass is 244 g/mol. The number of nitrogens with one attached hydrogen (secondary N) is 1. The van der Waals surface area contributed by atoms with Gasteiger partial charge in [0.1, 0.15) is 0 Å². The molecule has 1 fully saturated rings. The topological polar surface area (TPSA) is 55.1 Å². The van der Waals surface area contributed by atoms with Crippen LogP contribution in [0.25, 0.3) is 0 Å². The summed E-state index contributed by atoms with van der Waals surface area (Å²) in [7, 11) is 0. The molecular formula is C15H20N2O. The number of amides is 1. The van der Waals surface area contributed by atoms with Gasteiger partial charge in [0.25, 0.3) is 0 Å². The maximum absolute atomic E-state index is 12.0. The van der Waals surface area contributed by atoms with E-state index in [1.807, 2.05) is 0 Å². The van der Waals surface area contributed by atoms with E-state index in [0.29, 0.717) is 5.92 Å². The fourth-order valence-electron chi connectivity index (χ4n) is 3.17. The van der Waals surface area contributed by atoms with Crippen LogP contribution in [0.3, 0.4) is 0 Å². The first kappa shape index (κ1) is 11.7. The van der Waals surface area contributed by atoms with Crippen molar-refractivity contribution in [3.05, 3.63) is 35.4 Å². The number of rotatable bonds is 3. The maximum Gasteiger partial charge on any atom is 0.223 e. The minimum absolute atomic E-state index is 0.148. The molecule has 3 N–H and O–H groups in total. The Bertz CT molecular complexity index is 458. The maximum atomic E-state index is 12.0. The molecule has 3 nitrogen and oxygen atoms in total. The smallest absolute Gasteiger partial charge is 0.223 e. The molecule has 0 bridgehead atoms. The number of carbonyl (C=O) groups is 1. The van der Waals surface area contributed by atoms with E-state index in [1.54, 1.807) is 0 Å². The lowest BCUT2D eigenvalue weighted by Crippen LogP contribution is -2.36.